The first kappa shape index (κ1) is 14.5. The fraction of sp³-hybridized carbons (Fsp3) is 0.571. The van der Waals surface area contributed by atoms with Crippen LogP contribution in [0.25, 0.3) is 0 Å². The minimum absolute atomic E-state index is 0.0102. The molecule has 2 N–H and O–H groups in total. The van der Waals surface area contributed by atoms with E-state index >= 15 is 0 Å². The second-order valence-electron chi connectivity index (χ2n) is 5.35. The van der Waals surface area contributed by atoms with Crippen molar-refractivity contribution in [3.63, 3.8) is 0 Å². The van der Waals surface area contributed by atoms with Crippen LogP contribution in [0.4, 0.5) is 5.69 Å². The molecule has 0 radical (unpaired) electrons. The lowest BCUT2D eigenvalue weighted by molar-refractivity contribution is 0.0680. The average Bonchev–Trinajstić information content (AvgIpc) is 2.27. The van der Waals surface area contributed by atoms with E-state index in [2.05, 4.69) is 18.8 Å². The molecule has 0 aromatic carbocycles. The summed E-state index contributed by atoms with van der Waals surface area (Å²) in [6.45, 7) is 10.8. The summed E-state index contributed by atoms with van der Waals surface area (Å²) in [4.78, 5) is 18.5. The first-order valence-corrected chi connectivity index (χ1v) is 6.36. The summed E-state index contributed by atoms with van der Waals surface area (Å²) >= 11 is 0. The van der Waals surface area contributed by atoms with E-state index in [1.165, 1.54) is 0 Å². The van der Waals surface area contributed by atoms with Gasteiger partial charge in [0, 0.05) is 12.6 Å². The van der Waals surface area contributed by atoms with Crippen LogP contribution in [0, 0.1) is 12.8 Å². The van der Waals surface area contributed by atoms with E-state index in [0.717, 1.165) is 12.2 Å². The number of nitrogen functional groups attached to an aromatic ring is 1. The highest BCUT2D eigenvalue weighted by Gasteiger charge is 2.21. The molecule has 18 heavy (non-hydrogen) atoms. The molecule has 4 nitrogen and oxygen atoms in total. The minimum Gasteiger partial charge on any atom is -0.397 e. The van der Waals surface area contributed by atoms with E-state index in [1.807, 2.05) is 25.7 Å². The Morgan fingerprint density at radius 1 is 1.39 bits per heavy atom. The van der Waals surface area contributed by atoms with Crippen molar-refractivity contribution in [2.75, 3.05) is 12.3 Å². The molecule has 0 unspecified atom stereocenters. The quantitative estimate of drug-likeness (QED) is 0.891. The maximum atomic E-state index is 12.5. The second-order valence-corrected chi connectivity index (χ2v) is 5.35. The van der Waals surface area contributed by atoms with Crippen molar-refractivity contribution >= 4 is 11.6 Å². The van der Waals surface area contributed by atoms with Crippen molar-refractivity contribution in [3.8, 4) is 0 Å². The van der Waals surface area contributed by atoms with E-state index in [0.29, 0.717) is 17.2 Å². The van der Waals surface area contributed by atoms with Crippen LogP contribution in [-0.4, -0.2) is 28.4 Å². The number of nitrogens with two attached hydrogens (primary N) is 1. The largest absolute Gasteiger partial charge is 0.397 e. The van der Waals surface area contributed by atoms with E-state index in [9.17, 15) is 4.79 Å². The molecule has 1 rings (SSSR count). The summed E-state index contributed by atoms with van der Waals surface area (Å²) in [5.74, 6) is 0.446. The maximum absolute atomic E-state index is 12.5. The lowest BCUT2D eigenvalue weighted by Crippen LogP contribution is -2.40. The van der Waals surface area contributed by atoms with Gasteiger partial charge in [-0.2, -0.15) is 0 Å². The van der Waals surface area contributed by atoms with Gasteiger partial charge in [0.25, 0.3) is 5.91 Å². The molecule has 1 aromatic rings. The Labute approximate surface area is 109 Å². The SMILES string of the molecule is Cc1ncc(N)cc1C(=O)N(CC(C)C)C(C)C. The normalized spacial score (nSPS) is 11.1. The van der Waals surface area contributed by atoms with Gasteiger partial charge in [-0.25, -0.2) is 0 Å². The van der Waals surface area contributed by atoms with Crippen LogP contribution in [0.1, 0.15) is 43.7 Å². The molecule has 0 fully saturated rings. The van der Waals surface area contributed by atoms with Gasteiger partial charge in [-0.15, -0.1) is 0 Å². The summed E-state index contributed by atoms with van der Waals surface area (Å²) in [6.07, 6.45) is 1.58. The van der Waals surface area contributed by atoms with Crippen LogP contribution >= 0.6 is 0 Å². The summed E-state index contributed by atoms with van der Waals surface area (Å²) in [5, 5.41) is 0. The monoisotopic (exact) mass is 249 g/mol. The molecule has 0 spiro atoms. The molecule has 0 saturated carbocycles. The number of amides is 1. The number of carbonyl (C=O) groups excluding carboxylic acids is 1. The highest BCUT2D eigenvalue weighted by molar-refractivity contribution is 5.96. The Balaban J connectivity index is 3.05. The maximum Gasteiger partial charge on any atom is 0.256 e. The van der Waals surface area contributed by atoms with Crippen molar-refractivity contribution in [1.82, 2.24) is 9.88 Å². The molecular formula is C14H23N3O. The number of hydrogen-bond acceptors (Lipinski definition) is 3. The Hall–Kier alpha value is -1.58. The molecule has 1 heterocycles. The molecule has 0 atom stereocenters. The van der Waals surface area contributed by atoms with Crippen LogP contribution in [0.15, 0.2) is 12.3 Å². The molecule has 0 bridgehead atoms. The van der Waals surface area contributed by atoms with Gasteiger partial charge in [-0.3, -0.25) is 9.78 Å². The first-order valence-electron chi connectivity index (χ1n) is 6.36. The number of pyridine rings is 1. The standard InChI is InChI=1S/C14H23N3O/c1-9(2)8-17(10(3)4)14(18)13-6-12(15)7-16-11(13)5/h6-7,9-10H,8,15H2,1-5H3. The van der Waals surface area contributed by atoms with Crippen LogP contribution in [0.3, 0.4) is 0 Å². The smallest absolute Gasteiger partial charge is 0.256 e. The van der Waals surface area contributed by atoms with Gasteiger partial charge in [-0.05, 0) is 32.8 Å². The Bertz CT molecular complexity index is 427. The van der Waals surface area contributed by atoms with Crippen LogP contribution in [0.2, 0.25) is 0 Å². The predicted molar refractivity (Wildman–Crippen MR) is 74.4 cm³/mol. The molecule has 1 aromatic heterocycles. The Kier molecular flexibility index (Phi) is 4.70. The zero-order valence-electron chi connectivity index (χ0n) is 11.9. The zero-order valence-corrected chi connectivity index (χ0v) is 11.9. The number of hydrogen-bond donors (Lipinski definition) is 1. The molecule has 0 aliphatic heterocycles. The summed E-state index contributed by atoms with van der Waals surface area (Å²) in [6, 6.07) is 1.88. The van der Waals surface area contributed by atoms with Gasteiger partial charge < -0.3 is 10.6 Å². The third-order valence-corrected chi connectivity index (χ3v) is 2.78. The molecule has 4 heteroatoms. The van der Waals surface area contributed by atoms with Crippen LogP contribution < -0.4 is 5.73 Å². The molecule has 100 valence electrons. The van der Waals surface area contributed by atoms with Crippen molar-refractivity contribution in [3.05, 3.63) is 23.5 Å². The van der Waals surface area contributed by atoms with Crippen LogP contribution in [0.5, 0.6) is 0 Å². The van der Waals surface area contributed by atoms with E-state index < -0.39 is 0 Å². The summed E-state index contributed by atoms with van der Waals surface area (Å²) < 4.78 is 0. The number of nitrogens with zero attached hydrogens (tertiary/aromatic N) is 2. The first-order chi connectivity index (χ1) is 8.32. The topological polar surface area (TPSA) is 59.2 Å². The Morgan fingerprint density at radius 2 is 2.00 bits per heavy atom. The lowest BCUT2D eigenvalue weighted by atomic mass is 10.1. The third-order valence-electron chi connectivity index (χ3n) is 2.78. The Morgan fingerprint density at radius 3 is 2.50 bits per heavy atom. The molecular weight excluding hydrogens is 226 g/mol. The highest BCUT2D eigenvalue weighted by Crippen LogP contribution is 2.15. The van der Waals surface area contributed by atoms with Crippen LogP contribution in [-0.2, 0) is 0 Å². The number of aromatic nitrogens is 1. The van der Waals surface area contributed by atoms with E-state index in [1.54, 1.807) is 12.3 Å². The lowest BCUT2D eigenvalue weighted by Gasteiger charge is -2.29. The second kappa shape index (κ2) is 5.85. The van der Waals surface area contributed by atoms with Gasteiger partial charge >= 0.3 is 0 Å². The summed E-state index contributed by atoms with van der Waals surface area (Å²) in [7, 11) is 0. The molecule has 0 aliphatic carbocycles. The highest BCUT2D eigenvalue weighted by atomic mass is 16.2. The van der Waals surface area contributed by atoms with Crippen molar-refractivity contribution in [2.24, 2.45) is 5.92 Å². The van der Waals surface area contributed by atoms with Gasteiger partial charge in [0.05, 0.1) is 23.1 Å². The number of anilines is 1. The fourth-order valence-corrected chi connectivity index (χ4v) is 1.84. The zero-order chi connectivity index (χ0) is 13.9. The van der Waals surface area contributed by atoms with E-state index in [4.69, 9.17) is 5.73 Å². The predicted octanol–water partition coefficient (Wildman–Crippen LogP) is 2.48. The van der Waals surface area contributed by atoms with Gasteiger partial charge in [0.15, 0.2) is 0 Å². The number of carbonyl (C=O) groups is 1. The van der Waals surface area contributed by atoms with Gasteiger partial charge in [0.2, 0.25) is 0 Å². The van der Waals surface area contributed by atoms with Crippen molar-refractivity contribution in [1.29, 1.82) is 0 Å². The minimum atomic E-state index is 0.0102. The van der Waals surface area contributed by atoms with Crippen molar-refractivity contribution < 1.29 is 4.79 Å². The fourth-order valence-electron chi connectivity index (χ4n) is 1.84. The average molecular weight is 249 g/mol. The van der Waals surface area contributed by atoms with E-state index in [-0.39, 0.29) is 11.9 Å². The van der Waals surface area contributed by atoms with Crippen molar-refractivity contribution in [2.45, 2.75) is 40.7 Å². The number of rotatable bonds is 4. The summed E-state index contributed by atoms with van der Waals surface area (Å²) in [5.41, 5.74) is 7.56. The van der Waals surface area contributed by atoms with Gasteiger partial charge in [0.1, 0.15) is 0 Å². The van der Waals surface area contributed by atoms with Gasteiger partial charge in [-0.1, -0.05) is 13.8 Å². The molecule has 0 aliphatic rings. The molecule has 1 amide bonds. The molecule has 0 saturated heterocycles. The number of aryl methyl sites for hydroxylation is 1. The third kappa shape index (κ3) is 3.45.